The minimum atomic E-state index is 0.916. The summed E-state index contributed by atoms with van der Waals surface area (Å²) in [6, 6.07) is 16.7. The lowest BCUT2D eigenvalue weighted by molar-refractivity contribution is 0.414. The third-order valence-electron chi connectivity index (χ3n) is 2.63. The normalized spacial score (nSPS) is 10.3. The van der Waals surface area contributed by atoms with Crippen molar-refractivity contribution in [2.45, 2.75) is 11.3 Å². The Morgan fingerprint density at radius 1 is 1.00 bits per heavy atom. The van der Waals surface area contributed by atoms with Gasteiger partial charge < -0.3 is 4.74 Å². The minimum absolute atomic E-state index is 0.916. The average molecular weight is 323 g/mol. The summed E-state index contributed by atoms with van der Waals surface area (Å²) in [7, 11) is 1.69. The van der Waals surface area contributed by atoms with Gasteiger partial charge in [0.25, 0.3) is 0 Å². The zero-order chi connectivity index (χ0) is 12.8. The van der Waals surface area contributed by atoms with E-state index >= 15 is 0 Å². The smallest absolute Gasteiger partial charge is 0.118 e. The van der Waals surface area contributed by atoms with Crippen LogP contribution in [0.5, 0.6) is 5.75 Å². The second-order valence-corrected chi connectivity index (χ2v) is 5.98. The van der Waals surface area contributed by atoms with Crippen molar-refractivity contribution in [3.8, 4) is 5.75 Å². The van der Waals surface area contributed by atoms with E-state index in [2.05, 4.69) is 52.3 Å². The largest absolute Gasteiger partial charge is 0.497 e. The maximum Gasteiger partial charge on any atom is 0.118 e. The van der Waals surface area contributed by atoms with Gasteiger partial charge in [0.05, 0.1) is 7.11 Å². The van der Waals surface area contributed by atoms with E-state index in [1.165, 1.54) is 10.5 Å². The maximum absolute atomic E-state index is 5.14. The highest BCUT2D eigenvalue weighted by Crippen LogP contribution is 2.22. The molecule has 3 heteroatoms. The quantitative estimate of drug-likeness (QED) is 0.732. The number of methoxy groups -OCH3 is 1. The zero-order valence-corrected chi connectivity index (χ0v) is 12.6. The molecule has 0 amide bonds. The van der Waals surface area contributed by atoms with E-state index in [4.69, 9.17) is 4.74 Å². The van der Waals surface area contributed by atoms with Gasteiger partial charge in [0.1, 0.15) is 5.75 Å². The molecule has 0 radical (unpaired) electrons. The molecule has 0 heterocycles. The monoisotopic (exact) mass is 322 g/mol. The van der Waals surface area contributed by atoms with Crippen LogP contribution in [-0.4, -0.2) is 12.9 Å². The van der Waals surface area contributed by atoms with Crippen LogP contribution in [0.25, 0.3) is 0 Å². The Balaban J connectivity index is 1.82. The molecule has 0 saturated carbocycles. The van der Waals surface area contributed by atoms with Crippen LogP contribution >= 0.6 is 27.7 Å². The first-order chi connectivity index (χ1) is 8.78. The van der Waals surface area contributed by atoms with Gasteiger partial charge >= 0.3 is 0 Å². The molecular weight excluding hydrogens is 308 g/mol. The van der Waals surface area contributed by atoms with Crippen molar-refractivity contribution in [3.05, 3.63) is 58.6 Å². The Bertz CT molecular complexity index is 479. The lowest BCUT2D eigenvalue weighted by Gasteiger charge is -2.04. The molecule has 0 aliphatic carbocycles. The summed E-state index contributed by atoms with van der Waals surface area (Å²) >= 11 is 5.32. The Labute approximate surface area is 121 Å². The maximum atomic E-state index is 5.14. The fraction of sp³-hybridized carbons (Fsp3) is 0.200. The second-order valence-electron chi connectivity index (χ2n) is 3.90. The van der Waals surface area contributed by atoms with Gasteiger partial charge in [0.15, 0.2) is 0 Å². The van der Waals surface area contributed by atoms with Gasteiger partial charge in [-0.25, -0.2) is 0 Å². The van der Waals surface area contributed by atoms with Gasteiger partial charge in [-0.2, -0.15) is 0 Å². The van der Waals surface area contributed by atoms with Crippen LogP contribution in [-0.2, 0) is 6.42 Å². The molecule has 94 valence electrons. The molecule has 2 rings (SSSR count). The fourth-order valence-electron chi connectivity index (χ4n) is 1.61. The Kier molecular flexibility index (Phi) is 5.14. The molecule has 0 aliphatic heterocycles. The lowest BCUT2D eigenvalue weighted by Crippen LogP contribution is -1.89. The van der Waals surface area contributed by atoms with Crippen LogP contribution in [0.4, 0.5) is 0 Å². The van der Waals surface area contributed by atoms with E-state index < -0.39 is 0 Å². The van der Waals surface area contributed by atoms with Crippen LogP contribution in [0.3, 0.4) is 0 Å². The van der Waals surface area contributed by atoms with Crippen LogP contribution < -0.4 is 4.74 Å². The molecule has 0 spiro atoms. The number of thioether (sulfide) groups is 1. The van der Waals surface area contributed by atoms with Gasteiger partial charge in [-0.1, -0.05) is 28.1 Å². The molecule has 0 atom stereocenters. The van der Waals surface area contributed by atoms with E-state index in [-0.39, 0.29) is 0 Å². The number of aryl methyl sites for hydroxylation is 1. The van der Waals surface area contributed by atoms with Crippen molar-refractivity contribution in [1.82, 2.24) is 0 Å². The standard InChI is InChI=1S/C15H15BrOS/c1-17-14-6-2-12(3-7-14)10-11-18-15-8-4-13(16)5-9-15/h2-9H,10-11H2,1H3. The van der Waals surface area contributed by atoms with E-state index in [9.17, 15) is 0 Å². The van der Waals surface area contributed by atoms with Crippen molar-refractivity contribution in [1.29, 1.82) is 0 Å². The molecule has 0 bridgehead atoms. The van der Waals surface area contributed by atoms with Gasteiger partial charge in [-0.05, 0) is 48.4 Å². The zero-order valence-electron chi connectivity index (χ0n) is 10.2. The van der Waals surface area contributed by atoms with Crippen molar-refractivity contribution in [2.24, 2.45) is 0 Å². The average Bonchev–Trinajstić information content (AvgIpc) is 2.42. The van der Waals surface area contributed by atoms with Gasteiger partial charge in [0.2, 0.25) is 0 Å². The first kappa shape index (κ1) is 13.5. The number of hydrogen-bond donors (Lipinski definition) is 0. The highest BCUT2D eigenvalue weighted by Gasteiger charge is 1.97. The molecule has 18 heavy (non-hydrogen) atoms. The first-order valence-electron chi connectivity index (χ1n) is 5.79. The van der Waals surface area contributed by atoms with E-state index in [0.717, 1.165) is 22.4 Å². The Hall–Kier alpha value is -0.930. The molecule has 0 fully saturated rings. The summed E-state index contributed by atoms with van der Waals surface area (Å²) in [5, 5.41) is 0. The molecule has 2 aromatic carbocycles. The summed E-state index contributed by atoms with van der Waals surface area (Å²) < 4.78 is 6.27. The molecule has 0 saturated heterocycles. The third kappa shape index (κ3) is 4.07. The fourth-order valence-corrected chi connectivity index (χ4v) is 2.78. The van der Waals surface area contributed by atoms with Crippen LogP contribution in [0.2, 0.25) is 0 Å². The number of ether oxygens (including phenoxy) is 1. The predicted octanol–water partition coefficient (Wildman–Crippen LogP) is 4.79. The van der Waals surface area contributed by atoms with Crippen molar-refractivity contribution < 1.29 is 4.74 Å². The first-order valence-corrected chi connectivity index (χ1v) is 7.57. The molecule has 1 nitrogen and oxygen atoms in total. The van der Waals surface area contributed by atoms with E-state index in [1.807, 2.05) is 23.9 Å². The van der Waals surface area contributed by atoms with Crippen molar-refractivity contribution in [2.75, 3.05) is 12.9 Å². The summed E-state index contributed by atoms with van der Waals surface area (Å²) in [5.74, 6) is 2.01. The number of halogens is 1. The summed E-state index contributed by atoms with van der Waals surface area (Å²) in [6.45, 7) is 0. The SMILES string of the molecule is COc1ccc(CCSc2ccc(Br)cc2)cc1. The third-order valence-corrected chi connectivity index (χ3v) is 4.17. The summed E-state index contributed by atoms with van der Waals surface area (Å²) in [5.41, 5.74) is 1.35. The number of rotatable bonds is 5. The molecule has 2 aromatic rings. The van der Waals surface area contributed by atoms with Crippen LogP contribution in [0.1, 0.15) is 5.56 Å². The summed E-state index contributed by atoms with van der Waals surface area (Å²) in [6.07, 6.45) is 1.07. The van der Waals surface area contributed by atoms with Gasteiger partial charge in [0, 0.05) is 15.1 Å². The highest BCUT2D eigenvalue weighted by atomic mass is 79.9. The lowest BCUT2D eigenvalue weighted by atomic mass is 10.2. The summed E-state index contributed by atoms with van der Waals surface area (Å²) in [4.78, 5) is 1.31. The van der Waals surface area contributed by atoms with Crippen LogP contribution in [0.15, 0.2) is 57.9 Å². The molecule has 0 aromatic heterocycles. The van der Waals surface area contributed by atoms with E-state index in [0.29, 0.717) is 0 Å². The second kappa shape index (κ2) is 6.86. The predicted molar refractivity (Wildman–Crippen MR) is 81.6 cm³/mol. The van der Waals surface area contributed by atoms with Gasteiger partial charge in [-0.15, -0.1) is 11.8 Å². The topological polar surface area (TPSA) is 9.23 Å². The molecule has 0 aliphatic rings. The van der Waals surface area contributed by atoms with Gasteiger partial charge in [-0.3, -0.25) is 0 Å². The molecular formula is C15H15BrOS. The van der Waals surface area contributed by atoms with E-state index in [1.54, 1.807) is 7.11 Å². The van der Waals surface area contributed by atoms with Crippen LogP contribution in [0, 0.1) is 0 Å². The molecule has 0 N–H and O–H groups in total. The Morgan fingerprint density at radius 3 is 2.28 bits per heavy atom. The number of hydrogen-bond acceptors (Lipinski definition) is 2. The van der Waals surface area contributed by atoms with Crippen molar-refractivity contribution in [3.63, 3.8) is 0 Å². The molecule has 0 unspecified atom stereocenters. The minimum Gasteiger partial charge on any atom is -0.497 e. The van der Waals surface area contributed by atoms with Crippen molar-refractivity contribution >= 4 is 27.7 Å². The highest BCUT2D eigenvalue weighted by molar-refractivity contribution is 9.10. The Morgan fingerprint density at radius 2 is 1.67 bits per heavy atom. The number of benzene rings is 2.